The van der Waals surface area contributed by atoms with Crippen LogP contribution in [0.15, 0.2) is 12.7 Å². The third-order valence-corrected chi connectivity index (χ3v) is 0.813. The quantitative estimate of drug-likeness (QED) is 0.598. The number of halogens is 2. The predicted octanol–water partition coefficient (Wildman–Crippen LogP) is 1.13. The van der Waals surface area contributed by atoms with Gasteiger partial charge in [0.05, 0.1) is 13.0 Å². The van der Waals surface area contributed by atoms with Crippen molar-refractivity contribution in [2.45, 2.75) is 12.5 Å². The Hall–Kier alpha value is -0.480. The first-order valence-corrected chi connectivity index (χ1v) is 2.95. The fourth-order valence-electron chi connectivity index (χ4n) is 0.435. The third-order valence-electron chi connectivity index (χ3n) is 0.813. The van der Waals surface area contributed by atoms with Gasteiger partial charge in [0.25, 0.3) is 0 Å². The van der Waals surface area contributed by atoms with Gasteiger partial charge in [0.2, 0.25) is 0 Å². The van der Waals surface area contributed by atoms with Gasteiger partial charge in [0, 0.05) is 6.54 Å². The van der Waals surface area contributed by atoms with Crippen LogP contribution in [0.1, 0.15) is 6.42 Å². The minimum Gasteiger partial charge on any atom is -0.328 e. The molecule has 2 N–H and O–H groups in total. The van der Waals surface area contributed by atoms with Crippen molar-refractivity contribution in [3.05, 3.63) is 12.7 Å². The molecule has 0 saturated carbocycles. The Morgan fingerprint density at radius 3 is 2.60 bits per heavy atom. The van der Waals surface area contributed by atoms with E-state index in [1.807, 2.05) is 0 Å². The van der Waals surface area contributed by atoms with Crippen molar-refractivity contribution in [2.75, 3.05) is 13.2 Å². The van der Waals surface area contributed by atoms with Crippen molar-refractivity contribution in [2.24, 2.45) is 5.73 Å². The lowest BCUT2D eigenvalue weighted by Gasteiger charge is -2.13. The van der Waals surface area contributed by atoms with Crippen LogP contribution >= 0.6 is 0 Å². The number of nitrogens with two attached hydrogens (primary N) is 1. The van der Waals surface area contributed by atoms with Crippen molar-refractivity contribution in [3.8, 4) is 0 Å². The van der Waals surface area contributed by atoms with Gasteiger partial charge in [-0.05, 0) is 0 Å². The normalized spacial score (nSPS) is 11.5. The second kappa shape index (κ2) is 4.35. The molecular weight excluding hydrogens is 140 g/mol. The molecule has 0 aromatic rings. The van der Waals surface area contributed by atoms with E-state index in [9.17, 15) is 8.78 Å². The molecule has 0 bridgehead atoms. The number of hydrogen-bond acceptors (Lipinski definition) is 2. The molecule has 0 aliphatic rings. The van der Waals surface area contributed by atoms with Gasteiger partial charge < -0.3 is 10.5 Å². The highest BCUT2D eigenvalue weighted by molar-refractivity contribution is 4.72. The molecule has 0 aromatic carbocycles. The lowest BCUT2D eigenvalue weighted by molar-refractivity contribution is -0.233. The van der Waals surface area contributed by atoms with Crippen molar-refractivity contribution < 1.29 is 13.5 Å². The monoisotopic (exact) mass is 151 g/mol. The van der Waals surface area contributed by atoms with Gasteiger partial charge in [0.15, 0.2) is 0 Å². The van der Waals surface area contributed by atoms with Gasteiger partial charge in [-0.15, -0.1) is 6.58 Å². The fourth-order valence-corrected chi connectivity index (χ4v) is 0.435. The van der Waals surface area contributed by atoms with E-state index in [2.05, 4.69) is 11.3 Å². The van der Waals surface area contributed by atoms with Crippen LogP contribution in [0.25, 0.3) is 0 Å². The van der Waals surface area contributed by atoms with Gasteiger partial charge >= 0.3 is 6.11 Å². The minimum absolute atomic E-state index is 0.104. The van der Waals surface area contributed by atoms with E-state index >= 15 is 0 Å². The summed E-state index contributed by atoms with van der Waals surface area (Å²) in [5, 5.41) is 0. The number of hydrogen-bond donors (Lipinski definition) is 1. The Morgan fingerprint density at radius 1 is 1.60 bits per heavy atom. The van der Waals surface area contributed by atoms with Gasteiger partial charge in [-0.1, -0.05) is 6.08 Å². The third kappa shape index (κ3) is 4.40. The molecule has 0 aromatic heterocycles. The summed E-state index contributed by atoms with van der Waals surface area (Å²) in [7, 11) is 0. The molecule has 0 heterocycles. The minimum atomic E-state index is -3.10. The van der Waals surface area contributed by atoms with Gasteiger partial charge in [-0.2, -0.15) is 8.78 Å². The summed E-state index contributed by atoms with van der Waals surface area (Å²) in [5.41, 5.74) is 4.95. The average Bonchev–Trinajstić information content (AvgIpc) is 1.84. The van der Waals surface area contributed by atoms with Crippen LogP contribution in [0, 0.1) is 0 Å². The summed E-state index contributed by atoms with van der Waals surface area (Å²) in [6.45, 7) is 3.14. The molecule has 0 rings (SSSR count). The van der Waals surface area contributed by atoms with Crippen LogP contribution < -0.4 is 5.73 Å². The molecule has 2 nitrogen and oxygen atoms in total. The Labute approximate surface area is 58.7 Å². The van der Waals surface area contributed by atoms with Crippen molar-refractivity contribution in [3.63, 3.8) is 0 Å². The van der Waals surface area contributed by atoms with Crippen molar-refractivity contribution in [1.29, 1.82) is 0 Å². The fraction of sp³-hybridized carbons (Fsp3) is 0.667. The van der Waals surface area contributed by atoms with Gasteiger partial charge in [0.1, 0.15) is 0 Å². The maximum atomic E-state index is 12.3. The molecule has 0 saturated heterocycles. The van der Waals surface area contributed by atoms with E-state index in [-0.39, 0.29) is 13.2 Å². The smallest absolute Gasteiger partial charge is 0.328 e. The Morgan fingerprint density at radius 2 is 2.20 bits per heavy atom. The van der Waals surface area contributed by atoms with Crippen LogP contribution in [-0.2, 0) is 4.74 Å². The van der Waals surface area contributed by atoms with E-state index in [1.54, 1.807) is 0 Å². The molecule has 0 aliphatic heterocycles. The molecular formula is C6H11F2NO. The summed E-state index contributed by atoms with van der Waals surface area (Å²) in [4.78, 5) is 0. The first kappa shape index (κ1) is 9.52. The molecule has 4 heteroatoms. The van der Waals surface area contributed by atoms with Crippen LogP contribution in [0.2, 0.25) is 0 Å². The number of alkyl halides is 2. The second-order valence-electron chi connectivity index (χ2n) is 1.77. The largest absolute Gasteiger partial charge is 0.359 e. The summed E-state index contributed by atoms with van der Waals surface area (Å²) < 4.78 is 28.6. The van der Waals surface area contributed by atoms with Crippen LogP contribution in [-0.4, -0.2) is 19.3 Å². The zero-order chi connectivity index (χ0) is 8.04. The van der Waals surface area contributed by atoms with E-state index < -0.39 is 12.5 Å². The molecule has 0 aliphatic carbocycles. The van der Waals surface area contributed by atoms with E-state index in [1.165, 1.54) is 0 Å². The molecule has 0 spiro atoms. The maximum Gasteiger partial charge on any atom is 0.359 e. The second-order valence-corrected chi connectivity index (χ2v) is 1.77. The highest BCUT2D eigenvalue weighted by Crippen LogP contribution is 2.19. The van der Waals surface area contributed by atoms with E-state index in [0.29, 0.717) is 0 Å². The maximum absolute atomic E-state index is 12.3. The highest BCUT2D eigenvalue weighted by atomic mass is 19.3. The lowest BCUT2D eigenvalue weighted by Crippen LogP contribution is -2.23. The van der Waals surface area contributed by atoms with Gasteiger partial charge in [-0.3, -0.25) is 0 Å². The van der Waals surface area contributed by atoms with Crippen LogP contribution in [0.3, 0.4) is 0 Å². The molecule has 60 valence electrons. The van der Waals surface area contributed by atoms with Crippen molar-refractivity contribution in [1.82, 2.24) is 0 Å². The van der Waals surface area contributed by atoms with Gasteiger partial charge in [-0.25, -0.2) is 0 Å². The molecule has 0 atom stereocenters. The zero-order valence-electron chi connectivity index (χ0n) is 5.65. The first-order chi connectivity index (χ1) is 4.62. The first-order valence-electron chi connectivity index (χ1n) is 2.95. The SMILES string of the molecule is C=CCC(F)(F)OCCN. The van der Waals surface area contributed by atoms with Crippen molar-refractivity contribution >= 4 is 0 Å². The van der Waals surface area contributed by atoms with E-state index in [0.717, 1.165) is 6.08 Å². The number of rotatable bonds is 5. The molecule has 0 amide bonds. The Balaban J connectivity index is 3.51. The topological polar surface area (TPSA) is 35.2 Å². The molecule has 10 heavy (non-hydrogen) atoms. The average molecular weight is 151 g/mol. The summed E-state index contributed by atoms with van der Waals surface area (Å²) in [5.74, 6) is 0. The van der Waals surface area contributed by atoms with Crippen LogP contribution in [0.5, 0.6) is 0 Å². The highest BCUT2D eigenvalue weighted by Gasteiger charge is 2.26. The Kier molecular flexibility index (Phi) is 4.14. The number of ether oxygens (including phenoxy) is 1. The standard InChI is InChI=1S/C6H11F2NO/c1-2-3-6(7,8)10-5-4-9/h2H,1,3-5,9H2. The molecule has 0 unspecified atom stereocenters. The lowest BCUT2D eigenvalue weighted by atomic mass is 10.4. The molecule has 0 radical (unpaired) electrons. The summed E-state index contributed by atoms with van der Waals surface area (Å²) >= 11 is 0. The summed E-state index contributed by atoms with van der Waals surface area (Å²) in [6, 6.07) is 0. The summed E-state index contributed by atoms with van der Waals surface area (Å²) in [6.07, 6.45) is -2.45. The predicted molar refractivity (Wildman–Crippen MR) is 34.8 cm³/mol. The molecule has 0 fully saturated rings. The Bertz CT molecular complexity index is 106. The zero-order valence-corrected chi connectivity index (χ0v) is 5.65. The van der Waals surface area contributed by atoms with E-state index in [4.69, 9.17) is 5.73 Å². The van der Waals surface area contributed by atoms with Crippen LogP contribution in [0.4, 0.5) is 8.78 Å².